The molecule has 34 heavy (non-hydrogen) atoms. The Morgan fingerprint density at radius 3 is 2.21 bits per heavy atom. The Kier molecular flexibility index (Phi) is 7.18. The monoisotopic (exact) mass is 499 g/mol. The number of thiophene rings is 1. The molecule has 9 heteroatoms. The summed E-state index contributed by atoms with van der Waals surface area (Å²) in [5, 5.41) is 6.19. The van der Waals surface area contributed by atoms with E-state index in [1.54, 1.807) is 50.2 Å². The second kappa shape index (κ2) is 9.60. The van der Waals surface area contributed by atoms with Gasteiger partial charge in [0.05, 0.1) is 14.8 Å². The maximum Gasteiger partial charge on any atom is 0.266 e. The van der Waals surface area contributed by atoms with Crippen molar-refractivity contribution in [2.75, 3.05) is 15.4 Å². The highest BCUT2D eigenvalue weighted by atomic mass is 32.2. The first-order valence-corrected chi connectivity index (χ1v) is 13.0. The van der Waals surface area contributed by atoms with Crippen molar-refractivity contribution in [1.29, 1.82) is 0 Å². The zero-order chi connectivity index (χ0) is 25.3. The fourth-order valence-corrected chi connectivity index (χ4v) is 5.43. The maximum atomic E-state index is 13.0. The molecule has 0 bridgehead atoms. The molecular formula is C25H29N3O4S2. The third-order valence-electron chi connectivity index (χ3n) is 5.05. The number of nitrogens with one attached hydrogen (secondary N) is 3. The first-order chi connectivity index (χ1) is 15.8. The van der Waals surface area contributed by atoms with Gasteiger partial charge in [0.25, 0.3) is 15.9 Å². The summed E-state index contributed by atoms with van der Waals surface area (Å²) in [5.74, 6) is -0.521. The summed E-state index contributed by atoms with van der Waals surface area (Å²) in [4.78, 5) is 25.7. The van der Waals surface area contributed by atoms with Crippen LogP contribution in [0.4, 0.5) is 16.4 Å². The van der Waals surface area contributed by atoms with Crippen molar-refractivity contribution < 1.29 is 18.0 Å². The second-order valence-electron chi connectivity index (χ2n) is 9.24. The minimum atomic E-state index is -3.86. The van der Waals surface area contributed by atoms with Crippen LogP contribution in [0.25, 0.3) is 0 Å². The molecule has 3 N–H and O–H groups in total. The van der Waals surface area contributed by atoms with Crippen LogP contribution < -0.4 is 15.4 Å². The van der Waals surface area contributed by atoms with Gasteiger partial charge in [-0.05, 0) is 67.8 Å². The van der Waals surface area contributed by atoms with Crippen LogP contribution >= 0.6 is 11.3 Å². The molecule has 0 aliphatic heterocycles. The topological polar surface area (TPSA) is 104 Å². The van der Waals surface area contributed by atoms with Gasteiger partial charge < -0.3 is 10.6 Å². The Morgan fingerprint density at radius 2 is 1.56 bits per heavy atom. The van der Waals surface area contributed by atoms with E-state index in [0.29, 0.717) is 32.4 Å². The largest absolute Gasteiger partial charge is 0.321 e. The highest BCUT2D eigenvalue weighted by molar-refractivity contribution is 7.92. The number of carbonyl (C=O) groups is 2. The standard InChI is InChI=1S/C25H29N3O4S2/c1-15-8-7-9-19(12-15)28-34(31,32)20-14-18(11-10-16(20)2)26-23(29)22-17(3)13-21(33-22)27-24(30)25(4,5)6/h7-14,28H,1-6H3,(H,26,29)(H,27,30). The smallest absolute Gasteiger partial charge is 0.266 e. The number of carbonyl (C=O) groups excluding carboxylic acids is 2. The molecule has 0 saturated carbocycles. The molecule has 0 unspecified atom stereocenters. The average molecular weight is 500 g/mol. The lowest BCUT2D eigenvalue weighted by molar-refractivity contribution is -0.123. The van der Waals surface area contributed by atoms with Crippen molar-refractivity contribution in [2.24, 2.45) is 5.41 Å². The summed E-state index contributed by atoms with van der Waals surface area (Å²) in [6.45, 7) is 10.8. The van der Waals surface area contributed by atoms with E-state index in [9.17, 15) is 18.0 Å². The number of hydrogen-bond donors (Lipinski definition) is 3. The quantitative estimate of drug-likeness (QED) is 0.404. The van der Waals surface area contributed by atoms with Gasteiger partial charge in [-0.15, -0.1) is 11.3 Å². The molecule has 0 atom stereocenters. The van der Waals surface area contributed by atoms with Gasteiger partial charge in [0, 0.05) is 16.8 Å². The number of anilines is 3. The molecule has 180 valence electrons. The minimum absolute atomic E-state index is 0.0767. The van der Waals surface area contributed by atoms with Crippen molar-refractivity contribution in [3.8, 4) is 0 Å². The van der Waals surface area contributed by atoms with E-state index in [1.807, 2.05) is 33.8 Å². The van der Waals surface area contributed by atoms with Gasteiger partial charge in [-0.25, -0.2) is 8.42 Å². The molecule has 0 spiro atoms. The summed E-state index contributed by atoms with van der Waals surface area (Å²) in [6.07, 6.45) is 0. The Bertz CT molecular complexity index is 1350. The highest BCUT2D eigenvalue weighted by Crippen LogP contribution is 2.30. The van der Waals surface area contributed by atoms with Crippen molar-refractivity contribution >= 4 is 49.6 Å². The summed E-state index contributed by atoms with van der Waals surface area (Å²) < 4.78 is 28.6. The zero-order valence-corrected chi connectivity index (χ0v) is 21.7. The summed E-state index contributed by atoms with van der Waals surface area (Å²) in [5.41, 5.74) is 2.46. The van der Waals surface area contributed by atoms with Crippen LogP contribution in [0.2, 0.25) is 0 Å². The first kappa shape index (κ1) is 25.5. The lowest BCUT2D eigenvalue weighted by Gasteiger charge is -2.16. The molecule has 3 aromatic rings. The molecule has 1 heterocycles. The van der Waals surface area contributed by atoms with Crippen molar-refractivity contribution in [3.63, 3.8) is 0 Å². The third-order valence-corrected chi connectivity index (χ3v) is 7.72. The van der Waals surface area contributed by atoms with Gasteiger partial charge in [-0.1, -0.05) is 39.0 Å². The van der Waals surface area contributed by atoms with E-state index in [2.05, 4.69) is 15.4 Å². The zero-order valence-electron chi connectivity index (χ0n) is 20.1. The predicted molar refractivity (Wildman–Crippen MR) is 138 cm³/mol. The van der Waals surface area contributed by atoms with Crippen LogP contribution in [0, 0.1) is 26.2 Å². The van der Waals surface area contributed by atoms with Crippen molar-refractivity contribution in [1.82, 2.24) is 0 Å². The van der Waals surface area contributed by atoms with Gasteiger partial charge in [0.1, 0.15) is 0 Å². The number of hydrogen-bond acceptors (Lipinski definition) is 5. The molecular weight excluding hydrogens is 470 g/mol. The van der Waals surface area contributed by atoms with E-state index in [4.69, 9.17) is 0 Å². The second-order valence-corrected chi connectivity index (χ2v) is 11.9. The fourth-order valence-electron chi connectivity index (χ4n) is 3.14. The molecule has 7 nitrogen and oxygen atoms in total. The van der Waals surface area contributed by atoms with Crippen LogP contribution in [0.1, 0.15) is 47.1 Å². The van der Waals surface area contributed by atoms with Gasteiger partial charge in [-0.3, -0.25) is 14.3 Å². The lowest BCUT2D eigenvalue weighted by Crippen LogP contribution is -2.27. The van der Waals surface area contributed by atoms with E-state index in [1.165, 1.54) is 17.4 Å². The molecule has 0 fully saturated rings. The Morgan fingerprint density at radius 1 is 0.853 bits per heavy atom. The molecule has 0 aliphatic carbocycles. The van der Waals surface area contributed by atoms with Gasteiger partial charge in [0.15, 0.2) is 0 Å². The van der Waals surface area contributed by atoms with Crippen LogP contribution in [0.3, 0.4) is 0 Å². The molecule has 0 aliphatic rings. The number of rotatable bonds is 6. The summed E-state index contributed by atoms with van der Waals surface area (Å²) in [7, 11) is -3.86. The SMILES string of the molecule is Cc1cccc(NS(=O)(=O)c2cc(NC(=O)c3sc(NC(=O)C(C)(C)C)cc3C)ccc2C)c1. The van der Waals surface area contributed by atoms with Crippen molar-refractivity contribution in [3.05, 3.63) is 70.1 Å². The van der Waals surface area contributed by atoms with Crippen molar-refractivity contribution in [2.45, 2.75) is 46.4 Å². The predicted octanol–water partition coefficient (Wildman–Crippen LogP) is 5.71. The Labute approximate surface area is 204 Å². The number of benzene rings is 2. The molecule has 2 amide bonds. The molecule has 3 rings (SSSR count). The van der Waals surface area contributed by atoms with Gasteiger partial charge in [0.2, 0.25) is 5.91 Å². The van der Waals surface area contributed by atoms with Crippen LogP contribution in [-0.2, 0) is 14.8 Å². The van der Waals surface area contributed by atoms with E-state index in [-0.39, 0.29) is 16.7 Å². The number of amides is 2. The first-order valence-electron chi connectivity index (χ1n) is 10.7. The van der Waals surface area contributed by atoms with E-state index >= 15 is 0 Å². The van der Waals surface area contributed by atoms with Gasteiger partial charge in [-0.2, -0.15) is 0 Å². The van der Waals surface area contributed by atoms with E-state index < -0.39 is 15.4 Å². The Balaban J connectivity index is 1.81. The molecule has 0 radical (unpaired) electrons. The third kappa shape index (κ3) is 6.03. The molecule has 1 aromatic heterocycles. The maximum absolute atomic E-state index is 13.0. The molecule has 0 saturated heterocycles. The molecule has 2 aromatic carbocycles. The lowest BCUT2D eigenvalue weighted by atomic mass is 9.96. The van der Waals surface area contributed by atoms with Gasteiger partial charge >= 0.3 is 0 Å². The summed E-state index contributed by atoms with van der Waals surface area (Å²) in [6, 6.07) is 13.6. The summed E-state index contributed by atoms with van der Waals surface area (Å²) >= 11 is 1.17. The van der Waals surface area contributed by atoms with Crippen LogP contribution in [0.5, 0.6) is 0 Å². The number of sulfonamides is 1. The minimum Gasteiger partial charge on any atom is -0.321 e. The van der Waals surface area contributed by atoms with Crippen LogP contribution in [-0.4, -0.2) is 20.2 Å². The highest BCUT2D eigenvalue weighted by Gasteiger charge is 2.23. The number of aryl methyl sites for hydroxylation is 3. The van der Waals surface area contributed by atoms with Crippen LogP contribution in [0.15, 0.2) is 53.4 Å². The van der Waals surface area contributed by atoms with E-state index in [0.717, 1.165) is 5.56 Å². The average Bonchev–Trinajstić information content (AvgIpc) is 3.08. The normalized spacial score (nSPS) is 11.7. The fraction of sp³-hybridized carbons (Fsp3) is 0.280. The Hall–Kier alpha value is -3.17.